The lowest BCUT2D eigenvalue weighted by molar-refractivity contribution is -0.102. The van der Waals surface area contributed by atoms with Crippen molar-refractivity contribution >= 4 is 22.8 Å². The molecule has 0 N–H and O–H groups in total. The molecule has 0 saturated heterocycles. The van der Waals surface area contributed by atoms with Crippen LogP contribution in [0.15, 0.2) is 18.2 Å². The fourth-order valence-electron chi connectivity index (χ4n) is 3.27. The summed E-state index contributed by atoms with van der Waals surface area (Å²) in [5, 5.41) is 0.885. The maximum absolute atomic E-state index is 12.3. The summed E-state index contributed by atoms with van der Waals surface area (Å²) >= 11 is 1.63. The molecule has 1 aromatic carbocycles. The van der Waals surface area contributed by atoms with Gasteiger partial charge in [-0.05, 0) is 44.4 Å². The number of aromatic nitrogens is 1. The smallest absolute Gasteiger partial charge is 0.160 e. The molecule has 1 aromatic heterocycles. The van der Waals surface area contributed by atoms with Crippen LogP contribution < -0.4 is 4.90 Å². The average Bonchev–Trinajstić information content (AvgIpc) is 3.12. The van der Waals surface area contributed by atoms with Gasteiger partial charge in [-0.25, -0.2) is 4.98 Å². The minimum absolute atomic E-state index is 0.000582. The Balaban J connectivity index is 1.83. The highest BCUT2D eigenvalue weighted by atomic mass is 32.1. The lowest BCUT2D eigenvalue weighted by Crippen LogP contribution is -2.14. The monoisotopic (exact) mass is 404 g/mol. The number of Topliss-reactive ketones (excluding diaryl/α,β-unsaturated/α-hetero) is 1. The van der Waals surface area contributed by atoms with Crippen molar-refractivity contribution in [3.05, 3.63) is 34.3 Å². The van der Waals surface area contributed by atoms with E-state index in [1.54, 1.807) is 25.4 Å². The number of nitrogens with zero attached hydrogens (tertiary/aromatic N) is 2. The third-order valence-electron chi connectivity index (χ3n) is 4.81. The zero-order chi connectivity index (χ0) is 20.1. The summed E-state index contributed by atoms with van der Waals surface area (Å²) < 4.78 is 16.4. The predicted octanol–water partition coefficient (Wildman–Crippen LogP) is 4.09. The number of thiazole rings is 1. The normalized spacial score (nSPS) is 16.1. The first-order valence-electron chi connectivity index (χ1n) is 9.51. The summed E-state index contributed by atoms with van der Waals surface area (Å²) in [7, 11) is 5.59. The topological polar surface area (TPSA) is 60.9 Å². The Labute approximate surface area is 170 Å². The molecule has 0 spiro atoms. The number of ether oxygens (including phenoxy) is 3. The van der Waals surface area contributed by atoms with Gasteiger partial charge in [-0.15, -0.1) is 11.3 Å². The average molecular weight is 405 g/mol. The maximum Gasteiger partial charge on any atom is 0.160 e. The lowest BCUT2D eigenvalue weighted by atomic mass is 10.00. The summed E-state index contributed by atoms with van der Waals surface area (Å²) in [5.41, 5.74) is 3.69. The molecule has 1 unspecified atom stereocenters. The number of anilines is 1. The van der Waals surface area contributed by atoms with Crippen LogP contribution in [0.1, 0.15) is 46.8 Å². The minimum atomic E-state index is -0.000582. The fourth-order valence-corrected chi connectivity index (χ4v) is 4.51. The number of benzene rings is 1. The number of fused-ring (bicyclic) bond motifs is 1. The second-order valence-electron chi connectivity index (χ2n) is 7.08. The summed E-state index contributed by atoms with van der Waals surface area (Å²) in [6.45, 7) is 2.93. The van der Waals surface area contributed by atoms with Gasteiger partial charge < -0.3 is 19.1 Å². The Hall–Kier alpha value is -1.80. The number of hydrogen-bond donors (Lipinski definition) is 0. The highest BCUT2D eigenvalue weighted by molar-refractivity contribution is 7.15. The van der Waals surface area contributed by atoms with Crippen LogP contribution in [0, 0.1) is 0 Å². The van der Waals surface area contributed by atoms with Crippen LogP contribution in [0.4, 0.5) is 5.69 Å². The number of carbonyl (C=O) groups excluding carboxylic acids is 1. The van der Waals surface area contributed by atoms with Gasteiger partial charge in [0.1, 0.15) is 11.8 Å². The number of rotatable bonds is 9. The van der Waals surface area contributed by atoms with Gasteiger partial charge in [-0.1, -0.05) is 0 Å². The first-order chi connectivity index (χ1) is 13.5. The van der Waals surface area contributed by atoms with Gasteiger partial charge in [0.15, 0.2) is 5.78 Å². The maximum atomic E-state index is 12.3. The molecule has 7 heteroatoms. The molecule has 1 aliphatic rings. The third-order valence-corrected chi connectivity index (χ3v) is 6.04. The molecular weight excluding hydrogens is 376 g/mol. The van der Waals surface area contributed by atoms with E-state index in [4.69, 9.17) is 19.2 Å². The van der Waals surface area contributed by atoms with E-state index in [1.165, 1.54) is 0 Å². The van der Waals surface area contributed by atoms with Gasteiger partial charge in [0.2, 0.25) is 0 Å². The number of ketones is 1. The van der Waals surface area contributed by atoms with E-state index in [-0.39, 0.29) is 18.7 Å². The Kier molecular flexibility index (Phi) is 7.18. The molecule has 152 valence electrons. The largest absolute Gasteiger partial charge is 0.382 e. The molecule has 0 bridgehead atoms. The predicted molar refractivity (Wildman–Crippen MR) is 111 cm³/mol. The molecule has 1 aliphatic carbocycles. The van der Waals surface area contributed by atoms with Crippen LogP contribution in [0.3, 0.4) is 0 Å². The molecule has 6 nitrogen and oxygen atoms in total. The Morgan fingerprint density at radius 1 is 1.32 bits per heavy atom. The molecule has 1 heterocycles. The molecule has 0 radical (unpaired) electrons. The Bertz CT molecular complexity index is 819. The number of methoxy groups -OCH3 is 1. The van der Waals surface area contributed by atoms with Gasteiger partial charge in [-0.2, -0.15) is 0 Å². The standard InChI is InChI=1S/C21H28N2O4S/c1-14(24)17-12-15(23(2)3)8-9-16(17)21-22-18-6-5-7-19(20(18)28-21)27-13-26-11-10-25-4/h8-9,12,19H,5-7,10-11,13H2,1-4H3. The van der Waals surface area contributed by atoms with Gasteiger partial charge in [0, 0.05) is 38.0 Å². The van der Waals surface area contributed by atoms with E-state index < -0.39 is 0 Å². The Morgan fingerprint density at radius 2 is 2.14 bits per heavy atom. The second-order valence-corrected chi connectivity index (χ2v) is 8.11. The van der Waals surface area contributed by atoms with Gasteiger partial charge in [-0.3, -0.25) is 4.79 Å². The van der Waals surface area contributed by atoms with Crippen molar-refractivity contribution < 1.29 is 19.0 Å². The summed E-state index contributed by atoms with van der Waals surface area (Å²) in [5.74, 6) is 0.0474. The second kappa shape index (κ2) is 9.60. The van der Waals surface area contributed by atoms with Gasteiger partial charge in [0.05, 0.1) is 29.9 Å². The van der Waals surface area contributed by atoms with Gasteiger partial charge >= 0.3 is 0 Å². The Morgan fingerprint density at radius 3 is 2.86 bits per heavy atom. The number of aryl methyl sites for hydroxylation is 1. The molecule has 1 atom stereocenters. The van der Waals surface area contributed by atoms with Crippen LogP contribution in [0.25, 0.3) is 10.6 Å². The first kappa shape index (κ1) is 20.9. The zero-order valence-electron chi connectivity index (χ0n) is 17.0. The molecule has 0 aliphatic heterocycles. The van der Waals surface area contributed by atoms with Crippen LogP contribution in [0.5, 0.6) is 0 Å². The third kappa shape index (κ3) is 4.78. The molecule has 0 amide bonds. The van der Waals surface area contributed by atoms with E-state index in [1.807, 2.05) is 37.2 Å². The fraction of sp³-hybridized carbons (Fsp3) is 0.524. The molecule has 0 fully saturated rings. The van der Waals surface area contributed by atoms with Crippen molar-refractivity contribution in [1.82, 2.24) is 4.98 Å². The van der Waals surface area contributed by atoms with E-state index in [9.17, 15) is 4.79 Å². The van der Waals surface area contributed by atoms with Gasteiger partial charge in [0.25, 0.3) is 0 Å². The van der Waals surface area contributed by atoms with E-state index in [0.717, 1.165) is 46.1 Å². The molecule has 3 rings (SSSR count). The molecule has 0 saturated carbocycles. The lowest BCUT2D eigenvalue weighted by Gasteiger charge is -2.21. The highest BCUT2D eigenvalue weighted by Crippen LogP contribution is 2.41. The van der Waals surface area contributed by atoms with Crippen molar-refractivity contribution in [1.29, 1.82) is 0 Å². The van der Waals surface area contributed by atoms with Crippen molar-refractivity contribution in [2.45, 2.75) is 32.3 Å². The summed E-state index contributed by atoms with van der Waals surface area (Å²) in [6, 6.07) is 5.97. The number of hydrogen-bond acceptors (Lipinski definition) is 7. The highest BCUT2D eigenvalue weighted by Gasteiger charge is 2.26. The quantitative estimate of drug-likeness (QED) is 0.356. The number of carbonyl (C=O) groups is 1. The van der Waals surface area contributed by atoms with Crippen LogP contribution in [-0.4, -0.2) is 52.0 Å². The van der Waals surface area contributed by atoms with E-state index in [2.05, 4.69) is 0 Å². The molecular formula is C21H28N2O4S. The first-order valence-corrected chi connectivity index (χ1v) is 10.3. The van der Waals surface area contributed by atoms with Crippen molar-refractivity contribution in [3.8, 4) is 10.6 Å². The van der Waals surface area contributed by atoms with Crippen molar-refractivity contribution in [3.63, 3.8) is 0 Å². The summed E-state index contributed by atoms with van der Waals surface area (Å²) in [4.78, 5) is 20.3. The summed E-state index contributed by atoms with van der Waals surface area (Å²) in [6.07, 6.45) is 2.94. The molecule has 2 aromatic rings. The van der Waals surface area contributed by atoms with Crippen LogP contribution >= 0.6 is 11.3 Å². The zero-order valence-corrected chi connectivity index (χ0v) is 17.8. The van der Waals surface area contributed by atoms with E-state index >= 15 is 0 Å². The van der Waals surface area contributed by atoms with Crippen molar-refractivity contribution in [2.75, 3.05) is 46.1 Å². The molecule has 28 heavy (non-hydrogen) atoms. The SMILES string of the molecule is COCCOCOC1CCCc2nc(-c3ccc(N(C)C)cc3C(C)=O)sc21. The minimum Gasteiger partial charge on any atom is -0.382 e. The van der Waals surface area contributed by atoms with Crippen LogP contribution in [0.2, 0.25) is 0 Å². The van der Waals surface area contributed by atoms with Crippen molar-refractivity contribution in [2.24, 2.45) is 0 Å². The van der Waals surface area contributed by atoms with Crippen LogP contribution in [-0.2, 0) is 20.6 Å². The van der Waals surface area contributed by atoms with E-state index in [0.29, 0.717) is 18.8 Å².